The van der Waals surface area contributed by atoms with E-state index in [0.29, 0.717) is 29.1 Å². The molecule has 5 rings (SSSR count). The Morgan fingerprint density at radius 2 is 1.88 bits per heavy atom. The van der Waals surface area contributed by atoms with E-state index in [2.05, 4.69) is 25.8 Å². The zero-order chi connectivity index (χ0) is 22.2. The SMILES string of the molecule is Cc1nn(-c2ccc(Oc3ccc(NC(=O)c4cc(C5CC5)on4)cc3)nn2)c(C)c1C. The standard InChI is InChI=1S/C23H22N6O3/c1-13-14(2)27-29(15(13)3)21-10-11-22(26-25-21)31-18-8-6-17(7-9-18)24-23(30)19-12-20(32-28-19)16-4-5-16/h6-12,16H,4-5H2,1-3H3,(H,24,30). The molecule has 0 unspecified atom stereocenters. The van der Waals surface area contributed by atoms with Crippen molar-refractivity contribution in [2.24, 2.45) is 0 Å². The molecule has 0 aliphatic heterocycles. The lowest BCUT2D eigenvalue weighted by Gasteiger charge is -2.07. The van der Waals surface area contributed by atoms with Gasteiger partial charge in [0.05, 0.1) is 5.69 Å². The quantitative estimate of drug-likeness (QED) is 0.480. The average molecular weight is 430 g/mol. The number of aromatic nitrogens is 5. The van der Waals surface area contributed by atoms with Crippen molar-refractivity contribution in [1.29, 1.82) is 0 Å². The average Bonchev–Trinajstić information content (AvgIpc) is 3.48. The second-order valence-electron chi connectivity index (χ2n) is 7.91. The lowest BCUT2D eigenvalue weighted by Crippen LogP contribution is -2.12. The maximum absolute atomic E-state index is 12.4. The number of ether oxygens (including phenoxy) is 1. The van der Waals surface area contributed by atoms with Gasteiger partial charge in [-0.3, -0.25) is 4.79 Å². The molecule has 0 atom stereocenters. The molecular formula is C23H22N6O3. The monoisotopic (exact) mass is 430 g/mol. The summed E-state index contributed by atoms with van der Waals surface area (Å²) in [5, 5.41) is 19.5. The first kappa shape index (κ1) is 19.9. The Morgan fingerprint density at radius 3 is 2.50 bits per heavy atom. The minimum Gasteiger partial charge on any atom is -0.438 e. The number of hydrogen-bond acceptors (Lipinski definition) is 7. The van der Waals surface area contributed by atoms with Crippen LogP contribution >= 0.6 is 0 Å². The van der Waals surface area contributed by atoms with Gasteiger partial charge in [-0.2, -0.15) is 5.10 Å². The van der Waals surface area contributed by atoms with Crippen molar-refractivity contribution >= 4 is 11.6 Å². The molecule has 1 aliphatic carbocycles. The largest absolute Gasteiger partial charge is 0.438 e. The van der Waals surface area contributed by atoms with Gasteiger partial charge in [-0.15, -0.1) is 10.2 Å². The summed E-state index contributed by atoms with van der Waals surface area (Å²) in [5.74, 6) is 2.44. The number of carbonyl (C=O) groups excluding carboxylic acids is 1. The summed E-state index contributed by atoms with van der Waals surface area (Å²) in [7, 11) is 0. The van der Waals surface area contributed by atoms with Crippen LogP contribution in [0.5, 0.6) is 11.6 Å². The van der Waals surface area contributed by atoms with Crippen molar-refractivity contribution < 1.29 is 14.1 Å². The number of rotatable bonds is 6. The van der Waals surface area contributed by atoms with Crippen LogP contribution in [0, 0.1) is 20.8 Å². The highest BCUT2D eigenvalue weighted by molar-refractivity contribution is 6.02. The zero-order valence-electron chi connectivity index (χ0n) is 18.0. The van der Waals surface area contributed by atoms with Crippen LogP contribution in [0.3, 0.4) is 0 Å². The van der Waals surface area contributed by atoms with Gasteiger partial charge in [0.25, 0.3) is 5.91 Å². The van der Waals surface area contributed by atoms with Crippen LogP contribution in [0.1, 0.15) is 52.0 Å². The minimum absolute atomic E-state index is 0.278. The van der Waals surface area contributed by atoms with E-state index in [0.717, 1.165) is 35.6 Å². The highest BCUT2D eigenvalue weighted by atomic mass is 16.5. The number of anilines is 1. The van der Waals surface area contributed by atoms with Crippen LogP contribution in [-0.4, -0.2) is 31.0 Å². The molecule has 32 heavy (non-hydrogen) atoms. The van der Waals surface area contributed by atoms with Crippen LogP contribution in [0.25, 0.3) is 5.82 Å². The predicted octanol–water partition coefficient (Wildman–Crippen LogP) is 4.50. The Morgan fingerprint density at radius 1 is 1.09 bits per heavy atom. The molecule has 1 fully saturated rings. The van der Waals surface area contributed by atoms with E-state index in [4.69, 9.17) is 9.26 Å². The van der Waals surface area contributed by atoms with Crippen molar-refractivity contribution in [1.82, 2.24) is 25.1 Å². The third-order valence-corrected chi connectivity index (χ3v) is 5.57. The first-order chi connectivity index (χ1) is 15.5. The Balaban J connectivity index is 1.22. The molecule has 0 bridgehead atoms. The minimum atomic E-state index is -0.310. The van der Waals surface area contributed by atoms with Gasteiger partial charge in [0.1, 0.15) is 11.5 Å². The molecule has 0 saturated heterocycles. The third-order valence-electron chi connectivity index (χ3n) is 5.57. The molecule has 0 radical (unpaired) electrons. The molecule has 3 heterocycles. The Labute approximate surface area is 184 Å². The van der Waals surface area contributed by atoms with Crippen molar-refractivity contribution in [3.8, 4) is 17.4 Å². The first-order valence-electron chi connectivity index (χ1n) is 10.4. The number of nitrogens with one attached hydrogen (secondary N) is 1. The van der Waals surface area contributed by atoms with E-state index in [1.165, 1.54) is 0 Å². The molecule has 1 amide bonds. The zero-order valence-corrected chi connectivity index (χ0v) is 18.0. The summed E-state index contributed by atoms with van der Waals surface area (Å²) >= 11 is 0. The Hall–Kier alpha value is -4.01. The van der Waals surface area contributed by atoms with Crippen LogP contribution in [-0.2, 0) is 0 Å². The molecule has 9 nitrogen and oxygen atoms in total. The van der Waals surface area contributed by atoms with Crippen LogP contribution in [0.15, 0.2) is 47.0 Å². The highest BCUT2D eigenvalue weighted by Crippen LogP contribution is 2.40. The van der Waals surface area contributed by atoms with E-state index in [-0.39, 0.29) is 11.6 Å². The normalized spacial score (nSPS) is 13.2. The molecule has 162 valence electrons. The number of nitrogens with zero attached hydrogens (tertiary/aromatic N) is 5. The summed E-state index contributed by atoms with van der Waals surface area (Å²) in [6.07, 6.45) is 2.18. The van der Waals surface area contributed by atoms with Gasteiger partial charge in [-0.05, 0) is 69.5 Å². The molecular weight excluding hydrogens is 408 g/mol. The van der Waals surface area contributed by atoms with E-state index in [1.54, 1.807) is 41.1 Å². The smallest absolute Gasteiger partial charge is 0.277 e. The number of aryl methyl sites for hydroxylation is 1. The molecule has 1 saturated carbocycles. The summed E-state index contributed by atoms with van der Waals surface area (Å²) in [4.78, 5) is 12.4. The number of hydrogen-bond donors (Lipinski definition) is 1. The lowest BCUT2D eigenvalue weighted by molar-refractivity contribution is 0.101. The van der Waals surface area contributed by atoms with Crippen molar-refractivity contribution in [3.05, 3.63) is 70.9 Å². The van der Waals surface area contributed by atoms with Gasteiger partial charge in [-0.1, -0.05) is 5.16 Å². The molecule has 9 heteroatoms. The molecule has 1 N–H and O–H groups in total. The van der Waals surface area contributed by atoms with E-state index in [9.17, 15) is 4.79 Å². The van der Waals surface area contributed by atoms with E-state index >= 15 is 0 Å². The van der Waals surface area contributed by atoms with Gasteiger partial charge >= 0.3 is 0 Å². The summed E-state index contributed by atoms with van der Waals surface area (Å²) in [6, 6.07) is 12.2. The van der Waals surface area contributed by atoms with Crippen LogP contribution < -0.4 is 10.1 Å². The molecule has 0 spiro atoms. The summed E-state index contributed by atoms with van der Waals surface area (Å²) in [5.41, 5.74) is 4.02. The Bertz CT molecular complexity index is 1270. The van der Waals surface area contributed by atoms with Crippen molar-refractivity contribution in [2.45, 2.75) is 39.5 Å². The second kappa shape index (κ2) is 7.92. The summed E-state index contributed by atoms with van der Waals surface area (Å²) in [6.45, 7) is 5.99. The molecule has 1 aromatic carbocycles. The maximum atomic E-state index is 12.4. The molecule has 4 aromatic rings. The van der Waals surface area contributed by atoms with Gasteiger partial charge in [0.2, 0.25) is 5.88 Å². The molecule has 1 aliphatic rings. The fourth-order valence-electron chi connectivity index (χ4n) is 3.30. The predicted molar refractivity (Wildman–Crippen MR) is 116 cm³/mol. The molecule has 3 aromatic heterocycles. The van der Waals surface area contributed by atoms with Crippen LogP contribution in [0.2, 0.25) is 0 Å². The number of benzene rings is 1. The van der Waals surface area contributed by atoms with Gasteiger partial charge in [-0.25, -0.2) is 4.68 Å². The maximum Gasteiger partial charge on any atom is 0.277 e. The third kappa shape index (κ3) is 3.96. The summed E-state index contributed by atoms with van der Waals surface area (Å²) < 4.78 is 12.8. The second-order valence-corrected chi connectivity index (χ2v) is 7.91. The Kier molecular flexibility index (Phi) is 4.93. The van der Waals surface area contributed by atoms with E-state index < -0.39 is 0 Å². The highest BCUT2D eigenvalue weighted by Gasteiger charge is 2.28. The fraction of sp³-hybridized carbons (Fsp3) is 0.261. The van der Waals surface area contributed by atoms with Gasteiger partial charge in [0, 0.05) is 29.4 Å². The van der Waals surface area contributed by atoms with Crippen molar-refractivity contribution in [3.63, 3.8) is 0 Å². The first-order valence-corrected chi connectivity index (χ1v) is 10.4. The van der Waals surface area contributed by atoms with Gasteiger partial charge in [0.15, 0.2) is 11.5 Å². The fourth-order valence-corrected chi connectivity index (χ4v) is 3.30. The number of carbonyl (C=O) groups is 1. The van der Waals surface area contributed by atoms with Gasteiger partial charge < -0.3 is 14.6 Å². The number of amides is 1. The van der Waals surface area contributed by atoms with E-state index in [1.807, 2.05) is 26.8 Å². The lowest BCUT2D eigenvalue weighted by atomic mass is 10.2. The van der Waals surface area contributed by atoms with Crippen molar-refractivity contribution in [2.75, 3.05) is 5.32 Å². The topological polar surface area (TPSA) is 108 Å². The van der Waals surface area contributed by atoms with Crippen LogP contribution in [0.4, 0.5) is 5.69 Å².